The van der Waals surface area contributed by atoms with E-state index >= 15 is 0 Å². The Morgan fingerprint density at radius 2 is 1.85 bits per heavy atom. The third-order valence-electron chi connectivity index (χ3n) is 4.36. The van der Waals surface area contributed by atoms with Crippen molar-refractivity contribution in [1.29, 1.82) is 0 Å². The van der Waals surface area contributed by atoms with Gasteiger partial charge in [-0.25, -0.2) is 4.98 Å². The van der Waals surface area contributed by atoms with E-state index in [0.29, 0.717) is 23.3 Å². The lowest BCUT2D eigenvalue weighted by Gasteiger charge is -2.21. The van der Waals surface area contributed by atoms with Gasteiger partial charge >= 0.3 is 0 Å². The summed E-state index contributed by atoms with van der Waals surface area (Å²) in [7, 11) is 0. The maximum atomic E-state index is 13.1. The first-order chi connectivity index (χ1) is 13.0. The van der Waals surface area contributed by atoms with Crippen molar-refractivity contribution in [2.24, 2.45) is 0 Å². The molecule has 0 bridgehead atoms. The minimum absolute atomic E-state index is 0.0252. The van der Waals surface area contributed by atoms with E-state index in [0.717, 1.165) is 28.4 Å². The standard InChI is InChI=1S/C20H22BrN3O2S/c1-3-9-23(10-4-2)17(25)11-24-13-22-19-18(20(24)26)16(12-27-19)14-5-7-15(21)8-6-14/h5-8,12-13H,3-4,9-11H2,1-2H3. The zero-order chi connectivity index (χ0) is 19.4. The number of rotatable bonds is 7. The predicted octanol–water partition coefficient (Wildman–Crippen LogP) is 4.54. The molecular formula is C20H22BrN3O2S. The highest BCUT2D eigenvalue weighted by molar-refractivity contribution is 9.10. The number of halogens is 1. The summed E-state index contributed by atoms with van der Waals surface area (Å²) in [5.74, 6) is -0.0395. The molecule has 0 N–H and O–H groups in total. The summed E-state index contributed by atoms with van der Waals surface area (Å²) in [5, 5.41) is 2.53. The minimum atomic E-state index is -0.166. The molecular weight excluding hydrogens is 426 g/mol. The highest BCUT2D eigenvalue weighted by atomic mass is 79.9. The van der Waals surface area contributed by atoms with Crippen LogP contribution < -0.4 is 5.56 Å². The second-order valence-corrected chi connectivity index (χ2v) is 8.17. The van der Waals surface area contributed by atoms with Crippen LogP contribution in [0, 0.1) is 0 Å². The number of carbonyl (C=O) groups excluding carboxylic acids is 1. The van der Waals surface area contributed by atoms with Crippen LogP contribution in [-0.4, -0.2) is 33.4 Å². The van der Waals surface area contributed by atoms with Crippen molar-refractivity contribution in [3.63, 3.8) is 0 Å². The molecule has 2 aromatic heterocycles. The number of benzene rings is 1. The van der Waals surface area contributed by atoms with Gasteiger partial charge in [0.05, 0.1) is 11.7 Å². The summed E-state index contributed by atoms with van der Waals surface area (Å²) >= 11 is 4.88. The van der Waals surface area contributed by atoms with Crippen molar-refractivity contribution in [1.82, 2.24) is 14.5 Å². The molecule has 3 rings (SSSR count). The average molecular weight is 448 g/mol. The molecule has 0 saturated heterocycles. The van der Waals surface area contributed by atoms with Crippen LogP contribution >= 0.6 is 27.3 Å². The molecule has 0 atom stereocenters. The number of hydrogen-bond donors (Lipinski definition) is 0. The van der Waals surface area contributed by atoms with Gasteiger partial charge < -0.3 is 4.90 Å². The van der Waals surface area contributed by atoms with Gasteiger partial charge in [0.15, 0.2) is 0 Å². The summed E-state index contributed by atoms with van der Waals surface area (Å²) in [5.41, 5.74) is 1.66. The van der Waals surface area contributed by atoms with Gasteiger partial charge in [0.1, 0.15) is 11.4 Å². The molecule has 2 heterocycles. The van der Waals surface area contributed by atoms with Gasteiger partial charge in [0.2, 0.25) is 5.91 Å². The Morgan fingerprint density at radius 1 is 1.19 bits per heavy atom. The summed E-state index contributed by atoms with van der Waals surface area (Å²) in [6.45, 7) is 5.54. The lowest BCUT2D eigenvalue weighted by Crippen LogP contribution is -2.37. The van der Waals surface area contributed by atoms with Crippen molar-refractivity contribution in [2.75, 3.05) is 13.1 Å². The molecule has 0 aliphatic heterocycles. The van der Waals surface area contributed by atoms with Gasteiger partial charge in [0.25, 0.3) is 5.56 Å². The second-order valence-electron chi connectivity index (χ2n) is 6.39. The van der Waals surface area contributed by atoms with Crippen LogP contribution in [-0.2, 0) is 11.3 Å². The van der Waals surface area contributed by atoms with Crippen molar-refractivity contribution in [3.05, 3.63) is 50.8 Å². The third kappa shape index (κ3) is 4.30. The number of thiophene rings is 1. The molecule has 0 aliphatic rings. The lowest BCUT2D eigenvalue weighted by atomic mass is 10.1. The van der Waals surface area contributed by atoms with E-state index in [1.807, 2.05) is 48.4 Å². The van der Waals surface area contributed by atoms with E-state index in [-0.39, 0.29) is 18.0 Å². The van der Waals surface area contributed by atoms with Gasteiger partial charge in [-0.1, -0.05) is 41.9 Å². The van der Waals surface area contributed by atoms with E-state index in [1.54, 1.807) is 0 Å². The smallest absolute Gasteiger partial charge is 0.263 e. The van der Waals surface area contributed by atoms with E-state index < -0.39 is 0 Å². The predicted molar refractivity (Wildman–Crippen MR) is 114 cm³/mol. The summed E-state index contributed by atoms with van der Waals surface area (Å²) < 4.78 is 2.41. The first kappa shape index (κ1) is 19.8. The maximum absolute atomic E-state index is 13.1. The summed E-state index contributed by atoms with van der Waals surface area (Å²) in [6.07, 6.45) is 3.28. The number of carbonyl (C=O) groups is 1. The van der Waals surface area contributed by atoms with Crippen molar-refractivity contribution < 1.29 is 4.79 Å². The van der Waals surface area contributed by atoms with E-state index in [1.165, 1.54) is 22.2 Å². The van der Waals surface area contributed by atoms with Crippen LogP contribution in [0.3, 0.4) is 0 Å². The van der Waals surface area contributed by atoms with Gasteiger partial charge in [0, 0.05) is 28.5 Å². The fourth-order valence-corrected chi connectivity index (χ4v) is 4.24. The molecule has 0 aliphatic carbocycles. The highest BCUT2D eigenvalue weighted by Gasteiger charge is 2.17. The zero-order valence-electron chi connectivity index (χ0n) is 15.4. The Balaban J connectivity index is 1.97. The minimum Gasteiger partial charge on any atom is -0.341 e. The maximum Gasteiger partial charge on any atom is 0.263 e. The van der Waals surface area contributed by atoms with Gasteiger partial charge in [-0.3, -0.25) is 14.2 Å². The molecule has 5 nitrogen and oxygen atoms in total. The lowest BCUT2D eigenvalue weighted by molar-refractivity contribution is -0.132. The average Bonchev–Trinajstić information content (AvgIpc) is 3.09. The first-order valence-electron chi connectivity index (χ1n) is 9.05. The van der Waals surface area contributed by atoms with Crippen LogP contribution in [0.5, 0.6) is 0 Å². The summed E-state index contributed by atoms with van der Waals surface area (Å²) in [4.78, 5) is 32.6. The van der Waals surface area contributed by atoms with Crippen LogP contribution in [0.1, 0.15) is 26.7 Å². The molecule has 0 fully saturated rings. The third-order valence-corrected chi connectivity index (χ3v) is 5.78. The number of amides is 1. The van der Waals surface area contributed by atoms with E-state index in [9.17, 15) is 9.59 Å². The van der Waals surface area contributed by atoms with E-state index in [2.05, 4.69) is 20.9 Å². The first-order valence-corrected chi connectivity index (χ1v) is 10.7. The van der Waals surface area contributed by atoms with E-state index in [4.69, 9.17) is 0 Å². The zero-order valence-corrected chi connectivity index (χ0v) is 17.8. The largest absolute Gasteiger partial charge is 0.341 e. The highest BCUT2D eigenvalue weighted by Crippen LogP contribution is 2.31. The normalized spacial score (nSPS) is 11.1. The molecule has 7 heteroatoms. The number of hydrogen-bond acceptors (Lipinski definition) is 4. The van der Waals surface area contributed by atoms with Gasteiger partial charge in [-0.05, 0) is 30.5 Å². The molecule has 0 radical (unpaired) electrons. The molecule has 1 aromatic carbocycles. The fraction of sp³-hybridized carbons (Fsp3) is 0.350. The Morgan fingerprint density at radius 3 is 2.48 bits per heavy atom. The fourth-order valence-electron chi connectivity index (χ4n) is 3.07. The van der Waals surface area contributed by atoms with Crippen LogP contribution in [0.2, 0.25) is 0 Å². The number of aromatic nitrogens is 2. The summed E-state index contributed by atoms with van der Waals surface area (Å²) in [6, 6.07) is 7.84. The van der Waals surface area contributed by atoms with Crippen molar-refractivity contribution >= 4 is 43.4 Å². The SMILES string of the molecule is CCCN(CCC)C(=O)Cn1cnc2scc(-c3ccc(Br)cc3)c2c1=O. The van der Waals surface area contributed by atoms with Gasteiger partial charge in [-0.2, -0.15) is 0 Å². The molecule has 0 spiro atoms. The molecule has 27 heavy (non-hydrogen) atoms. The number of fused-ring (bicyclic) bond motifs is 1. The Kier molecular flexibility index (Phi) is 6.44. The number of nitrogens with zero attached hydrogens (tertiary/aromatic N) is 3. The van der Waals surface area contributed by atoms with Crippen LogP contribution in [0.25, 0.3) is 21.3 Å². The molecule has 142 valence electrons. The van der Waals surface area contributed by atoms with Crippen LogP contribution in [0.15, 0.2) is 45.2 Å². The van der Waals surface area contributed by atoms with Crippen LogP contribution in [0.4, 0.5) is 0 Å². The Labute approximate surface area is 170 Å². The monoisotopic (exact) mass is 447 g/mol. The molecule has 0 unspecified atom stereocenters. The second kappa shape index (κ2) is 8.80. The van der Waals surface area contributed by atoms with Gasteiger partial charge in [-0.15, -0.1) is 11.3 Å². The Hall–Kier alpha value is -1.99. The van der Waals surface area contributed by atoms with Crippen molar-refractivity contribution in [2.45, 2.75) is 33.2 Å². The Bertz CT molecular complexity index is 989. The van der Waals surface area contributed by atoms with Crippen molar-refractivity contribution in [3.8, 4) is 11.1 Å². The molecule has 0 saturated carbocycles. The topological polar surface area (TPSA) is 55.2 Å². The molecule has 1 amide bonds. The quantitative estimate of drug-likeness (QED) is 0.534. The molecule has 3 aromatic rings.